The van der Waals surface area contributed by atoms with Crippen molar-refractivity contribution in [2.24, 2.45) is 5.73 Å². The summed E-state index contributed by atoms with van der Waals surface area (Å²) in [5, 5.41) is 0. The minimum absolute atomic E-state index is 0.196. The van der Waals surface area contributed by atoms with Crippen molar-refractivity contribution in [3.63, 3.8) is 0 Å². The largest absolute Gasteiger partial charge is 0.382 e. The van der Waals surface area contributed by atoms with Crippen LogP contribution in [0.1, 0.15) is 44.3 Å². The second-order valence-corrected chi connectivity index (χ2v) is 5.47. The number of anilines is 2. The first-order chi connectivity index (χ1) is 9.60. The van der Waals surface area contributed by atoms with E-state index in [4.69, 9.17) is 17.2 Å². The summed E-state index contributed by atoms with van der Waals surface area (Å²) < 4.78 is 2.10. The van der Waals surface area contributed by atoms with Crippen LogP contribution in [0.2, 0.25) is 0 Å². The van der Waals surface area contributed by atoms with E-state index in [1.54, 1.807) is 0 Å². The molecule has 7 nitrogen and oxygen atoms in total. The Kier molecular flexibility index (Phi) is 3.21. The maximum absolute atomic E-state index is 5.98. The average molecular weight is 275 g/mol. The van der Waals surface area contributed by atoms with E-state index in [1.165, 1.54) is 0 Å². The third-order valence-electron chi connectivity index (χ3n) is 4.12. The number of nitrogen functional groups attached to an aromatic ring is 2. The fraction of sp³-hybridized carbons (Fsp3) is 0.615. The SMILES string of the molecule is CCn1c(C2CCC(N)CC2)nc2c(N)nc(N)nc21. The summed E-state index contributed by atoms with van der Waals surface area (Å²) in [5.74, 6) is 2.01. The Hall–Kier alpha value is -1.89. The standard InChI is InChI=1S/C13H21N7/c1-2-20-11(7-3-5-8(14)6-4-7)17-9-10(15)18-13(16)19-12(9)20/h7-8H,2-6,14H2,1H3,(H4,15,16,18,19). The Labute approximate surface area is 117 Å². The summed E-state index contributed by atoms with van der Waals surface area (Å²) in [4.78, 5) is 13.0. The zero-order valence-electron chi connectivity index (χ0n) is 11.7. The lowest BCUT2D eigenvalue weighted by Crippen LogP contribution is -2.26. The van der Waals surface area contributed by atoms with Crippen molar-refractivity contribution >= 4 is 22.9 Å². The molecule has 0 aliphatic heterocycles. The molecule has 20 heavy (non-hydrogen) atoms. The van der Waals surface area contributed by atoms with E-state index in [0.717, 1.165) is 43.7 Å². The molecule has 7 heteroatoms. The molecule has 2 heterocycles. The molecule has 108 valence electrons. The second kappa shape index (κ2) is 4.90. The molecule has 1 saturated carbocycles. The minimum Gasteiger partial charge on any atom is -0.382 e. The number of nitrogens with zero attached hydrogens (tertiary/aromatic N) is 4. The fourth-order valence-corrected chi connectivity index (χ4v) is 3.06. The van der Waals surface area contributed by atoms with Gasteiger partial charge in [-0.2, -0.15) is 9.97 Å². The molecule has 0 atom stereocenters. The molecule has 6 N–H and O–H groups in total. The molecule has 1 fully saturated rings. The van der Waals surface area contributed by atoms with Gasteiger partial charge in [-0.25, -0.2) is 4.98 Å². The fourth-order valence-electron chi connectivity index (χ4n) is 3.06. The van der Waals surface area contributed by atoms with E-state index in [-0.39, 0.29) is 5.95 Å². The molecular formula is C13H21N7. The highest BCUT2D eigenvalue weighted by atomic mass is 15.2. The smallest absolute Gasteiger partial charge is 0.224 e. The molecule has 2 aromatic heterocycles. The number of imidazole rings is 1. The number of aromatic nitrogens is 4. The van der Waals surface area contributed by atoms with Gasteiger partial charge in [0.2, 0.25) is 5.95 Å². The number of hydrogen-bond donors (Lipinski definition) is 3. The van der Waals surface area contributed by atoms with E-state index >= 15 is 0 Å². The number of nitrogens with two attached hydrogens (primary N) is 3. The van der Waals surface area contributed by atoms with Crippen molar-refractivity contribution in [3.8, 4) is 0 Å². The molecule has 1 aliphatic rings. The normalized spacial score (nSPS) is 23.3. The van der Waals surface area contributed by atoms with Gasteiger partial charge >= 0.3 is 0 Å². The van der Waals surface area contributed by atoms with Gasteiger partial charge < -0.3 is 21.8 Å². The van der Waals surface area contributed by atoms with Crippen LogP contribution in [0.4, 0.5) is 11.8 Å². The highest BCUT2D eigenvalue weighted by molar-refractivity contribution is 5.83. The molecule has 3 rings (SSSR count). The van der Waals surface area contributed by atoms with Crippen LogP contribution < -0.4 is 17.2 Å². The molecule has 2 aromatic rings. The Morgan fingerprint density at radius 3 is 2.45 bits per heavy atom. The number of fused-ring (bicyclic) bond motifs is 1. The maximum atomic E-state index is 5.98. The summed E-state index contributed by atoms with van der Waals surface area (Å²) in [7, 11) is 0. The number of rotatable bonds is 2. The van der Waals surface area contributed by atoms with Gasteiger partial charge in [-0.1, -0.05) is 0 Å². The van der Waals surface area contributed by atoms with E-state index in [1.807, 2.05) is 0 Å². The first kappa shape index (κ1) is 13.1. The summed E-state index contributed by atoms with van der Waals surface area (Å²) in [6.45, 7) is 2.87. The van der Waals surface area contributed by atoms with Crippen molar-refractivity contribution in [1.82, 2.24) is 19.5 Å². The van der Waals surface area contributed by atoms with Gasteiger partial charge in [0.05, 0.1) is 0 Å². The molecule has 0 unspecified atom stereocenters. The quantitative estimate of drug-likeness (QED) is 0.751. The maximum Gasteiger partial charge on any atom is 0.224 e. The Balaban J connectivity index is 2.09. The summed E-state index contributed by atoms with van der Waals surface area (Å²) >= 11 is 0. The lowest BCUT2D eigenvalue weighted by atomic mass is 9.86. The third kappa shape index (κ3) is 2.07. The zero-order valence-corrected chi connectivity index (χ0v) is 11.7. The molecule has 0 radical (unpaired) electrons. The van der Waals surface area contributed by atoms with Gasteiger partial charge in [-0.05, 0) is 32.6 Å². The minimum atomic E-state index is 0.196. The average Bonchev–Trinajstić information content (AvgIpc) is 2.78. The van der Waals surface area contributed by atoms with E-state index < -0.39 is 0 Å². The predicted octanol–water partition coefficient (Wildman–Crippen LogP) is 0.995. The van der Waals surface area contributed by atoms with Gasteiger partial charge in [-0.3, -0.25) is 0 Å². The second-order valence-electron chi connectivity index (χ2n) is 5.47. The van der Waals surface area contributed by atoms with Crippen LogP contribution in [-0.4, -0.2) is 25.6 Å². The Morgan fingerprint density at radius 1 is 1.10 bits per heavy atom. The van der Waals surface area contributed by atoms with Crippen LogP contribution in [0.3, 0.4) is 0 Å². The van der Waals surface area contributed by atoms with Gasteiger partial charge in [0.25, 0.3) is 0 Å². The van der Waals surface area contributed by atoms with E-state index in [0.29, 0.717) is 23.3 Å². The van der Waals surface area contributed by atoms with Crippen LogP contribution in [-0.2, 0) is 6.54 Å². The topological polar surface area (TPSA) is 122 Å². The molecule has 0 amide bonds. The van der Waals surface area contributed by atoms with Crippen molar-refractivity contribution in [2.45, 2.75) is 51.1 Å². The van der Waals surface area contributed by atoms with Gasteiger partial charge in [0.15, 0.2) is 17.0 Å². The van der Waals surface area contributed by atoms with Crippen molar-refractivity contribution in [2.75, 3.05) is 11.5 Å². The monoisotopic (exact) mass is 275 g/mol. The molecule has 1 aliphatic carbocycles. The summed E-state index contributed by atoms with van der Waals surface area (Å²) in [6.07, 6.45) is 4.21. The molecule has 0 aromatic carbocycles. The van der Waals surface area contributed by atoms with Gasteiger partial charge in [0.1, 0.15) is 5.82 Å². The first-order valence-electron chi connectivity index (χ1n) is 7.14. The molecule has 0 saturated heterocycles. The van der Waals surface area contributed by atoms with Crippen LogP contribution in [0, 0.1) is 0 Å². The third-order valence-corrected chi connectivity index (χ3v) is 4.12. The molecule has 0 bridgehead atoms. The van der Waals surface area contributed by atoms with Gasteiger partial charge in [0, 0.05) is 18.5 Å². The molecule has 0 spiro atoms. The molecular weight excluding hydrogens is 254 g/mol. The van der Waals surface area contributed by atoms with Gasteiger partial charge in [-0.15, -0.1) is 0 Å². The zero-order chi connectivity index (χ0) is 14.3. The Bertz CT molecular complexity index is 625. The lowest BCUT2D eigenvalue weighted by Gasteiger charge is -2.25. The van der Waals surface area contributed by atoms with E-state index in [2.05, 4.69) is 26.4 Å². The number of hydrogen-bond acceptors (Lipinski definition) is 6. The van der Waals surface area contributed by atoms with Crippen LogP contribution >= 0.6 is 0 Å². The highest BCUT2D eigenvalue weighted by Gasteiger charge is 2.26. The first-order valence-corrected chi connectivity index (χ1v) is 7.14. The van der Waals surface area contributed by atoms with Crippen molar-refractivity contribution < 1.29 is 0 Å². The van der Waals surface area contributed by atoms with E-state index in [9.17, 15) is 0 Å². The van der Waals surface area contributed by atoms with Crippen molar-refractivity contribution in [3.05, 3.63) is 5.82 Å². The van der Waals surface area contributed by atoms with Crippen molar-refractivity contribution in [1.29, 1.82) is 0 Å². The summed E-state index contributed by atoms with van der Waals surface area (Å²) in [6, 6.07) is 0.325. The van der Waals surface area contributed by atoms with Crippen LogP contribution in [0.15, 0.2) is 0 Å². The number of aryl methyl sites for hydroxylation is 1. The van der Waals surface area contributed by atoms with Crippen LogP contribution in [0.5, 0.6) is 0 Å². The van der Waals surface area contributed by atoms with Crippen LogP contribution in [0.25, 0.3) is 11.2 Å². The predicted molar refractivity (Wildman–Crippen MR) is 79.0 cm³/mol. The summed E-state index contributed by atoms with van der Waals surface area (Å²) in [5.41, 5.74) is 19.0. The highest BCUT2D eigenvalue weighted by Crippen LogP contribution is 2.34. The lowest BCUT2D eigenvalue weighted by molar-refractivity contribution is 0.378. The Morgan fingerprint density at radius 2 is 1.80 bits per heavy atom.